The Kier molecular flexibility index (Phi) is 3.59. The van der Waals surface area contributed by atoms with Crippen LogP contribution in [0.5, 0.6) is 0 Å². The number of nitrogens with one attached hydrogen (secondary N) is 2. The van der Waals surface area contributed by atoms with Gasteiger partial charge in [0, 0.05) is 18.4 Å². The van der Waals surface area contributed by atoms with Gasteiger partial charge in [-0.25, -0.2) is 4.79 Å². The second kappa shape index (κ2) is 4.96. The number of aliphatic hydroxyl groups is 1. The van der Waals surface area contributed by atoms with Crippen LogP contribution in [0.3, 0.4) is 0 Å². The first kappa shape index (κ1) is 11.6. The summed E-state index contributed by atoms with van der Waals surface area (Å²) in [7, 11) is 0. The summed E-state index contributed by atoms with van der Waals surface area (Å²) in [6.07, 6.45) is 4.34. The molecule has 0 aliphatic heterocycles. The van der Waals surface area contributed by atoms with E-state index in [4.69, 9.17) is 5.11 Å². The van der Waals surface area contributed by atoms with E-state index in [0.717, 1.165) is 9.26 Å². The van der Waals surface area contributed by atoms with E-state index in [9.17, 15) is 4.79 Å². The Bertz CT molecular complexity index is 393. The molecule has 1 saturated carbocycles. The van der Waals surface area contributed by atoms with Crippen molar-refractivity contribution in [2.75, 3.05) is 5.32 Å². The number of hydrogen-bond acceptors (Lipinski definition) is 3. The van der Waals surface area contributed by atoms with Crippen LogP contribution in [0.25, 0.3) is 0 Å². The molecule has 2 amide bonds. The maximum atomic E-state index is 11.5. The lowest BCUT2D eigenvalue weighted by molar-refractivity contribution is 0.0671. The number of urea groups is 1. The van der Waals surface area contributed by atoms with Gasteiger partial charge in [-0.3, -0.25) is 4.98 Å². The normalized spacial score (nSPS) is 23.4. The Hall–Kier alpha value is -0.890. The highest BCUT2D eigenvalue weighted by Crippen LogP contribution is 2.20. The van der Waals surface area contributed by atoms with Crippen LogP contribution < -0.4 is 10.6 Å². The lowest BCUT2D eigenvalue weighted by atomic mass is 9.90. The first-order valence-electron chi connectivity index (χ1n) is 5.00. The largest absolute Gasteiger partial charge is 0.393 e. The average molecular weight is 333 g/mol. The number of carbonyl (C=O) groups excluding carboxylic acids is 1. The van der Waals surface area contributed by atoms with Crippen LogP contribution in [-0.2, 0) is 0 Å². The summed E-state index contributed by atoms with van der Waals surface area (Å²) in [5.41, 5.74) is 0.743. The van der Waals surface area contributed by atoms with Crippen molar-refractivity contribution in [3.05, 3.63) is 22.0 Å². The van der Waals surface area contributed by atoms with Gasteiger partial charge in [0.25, 0.3) is 0 Å². The van der Waals surface area contributed by atoms with E-state index in [1.807, 2.05) is 0 Å². The molecule has 1 aliphatic rings. The summed E-state index contributed by atoms with van der Waals surface area (Å²) in [6, 6.07) is 1.60. The summed E-state index contributed by atoms with van der Waals surface area (Å²) in [5.74, 6) is 0. The standard InChI is InChI=1S/C10H12IN3O2/c11-8-5-12-2-1-9(8)14-10(16)13-6-3-7(15)4-6/h1-2,5-7,15H,3-4H2,(H2,12,13,14,16). The van der Waals surface area contributed by atoms with Crippen molar-refractivity contribution in [2.45, 2.75) is 25.0 Å². The molecule has 1 aliphatic carbocycles. The molecule has 16 heavy (non-hydrogen) atoms. The van der Waals surface area contributed by atoms with Crippen molar-refractivity contribution >= 4 is 34.3 Å². The lowest BCUT2D eigenvalue weighted by Gasteiger charge is -2.31. The zero-order valence-corrected chi connectivity index (χ0v) is 10.6. The molecule has 1 fully saturated rings. The fourth-order valence-electron chi connectivity index (χ4n) is 1.53. The molecule has 0 bridgehead atoms. The highest BCUT2D eigenvalue weighted by atomic mass is 127. The molecule has 86 valence electrons. The average Bonchev–Trinajstić information content (AvgIpc) is 2.19. The SMILES string of the molecule is O=C(Nc1ccncc1I)NC1CC(O)C1. The molecule has 6 heteroatoms. The highest BCUT2D eigenvalue weighted by Gasteiger charge is 2.28. The van der Waals surface area contributed by atoms with E-state index >= 15 is 0 Å². The number of nitrogens with zero attached hydrogens (tertiary/aromatic N) is 1. The Balaban J connectivity index is 1.85. The molecular formula is C10H12IN3O2. The van der Waals surface area contributed by atoms with Crippen LogP contribution in [0.15, 0.2) is 18.5 Å². The van der Waals surface area contributed by atoms with Gasteiger partial charge in [0.05, 0.1) is 15.4 Å². The van der Waals surface area contributed by atoms with E-state index in [-0.39, 0.29) is 18.2 Å². The van der Waals surface area contributed by atoms with Crippen molar-refractivity contribution in [1.29, 1.82) is 0 Å². The summed E-state index contributed by atoms with van der Waals surface area (Å²) < 4.78 is 0.892. The number of aliphatic hydroxyl groups excluding tert-OH is 1. The maximum Gasteiger partial charge on any atom is 0.319 e. The first-order valence-corrected chi connectivity index (χ1v) is 6.08. The molecular weight excluding hydrogens is 321 g/mol. The van der Waals surface area contributed by atoms with Crippen LogP contribution in [0, 0.1) is 3.57 Å². The van der Waals surface area contributed by atoms with Crippen LogP contribution >= 0.6 is 22.6 Å². The number of halogens is 1. The van der Waals surface area contributed by atoms with Gasteiger partial charge >= 0.3 is 6.03 Å². The molecule has 1 aromatic rings. The minimum absolute atomic E-state index is 0.0921. The number of anilines is 1. The molecule has 0 saturated heterocycles. The third-order valence-electron chi connectivity index (χ3n) is 2.47. The van der Waals surface area contributed by atoms with Crippen molar-refractivity contribution in [1.82, 2.24) is 10.3 Å². The van der Waals surface area contributed by atoms with Gasteiger partial charge in [0.15, 0.2) is 0 Å². The smallest absolute Gasteiger partial charge is 0.319 e. The number of amides is 2. The maximum absolute atomic E-state index is 11.5. The number of aromatic nitrogens is 1. The minimum Gasteiger partial charge on any atom is -0.393 e. The highest BCUT2D eigenvalue weighted by molar-refractivity contribution is 14.1. The molecule has 0 spiro atoms. The van der Waals surface area contributed by atoms with Gasteiger partial charge in [0.2, 0.25) is 0 Å². The molecule has 2 rings (SSSR count). The summed E-state index contributed by atoms with van der Waals surface area (Å²) >= 11 is 2.11. The van der Waals surface area contributed by atoms with Gasteiger partial charge < -0.3 is 15.7 Å². The molecule has 0 aromatic carbocycles. The second-order valence-corrected chi connectivity index (χ2v) is 4.94. The van der Waals surface area contributed by atoms with Crippen LogP contribution in [0.2, 0.25) is 0 Å². The quantitative estimate of drug-likeness (QED) is 0.715. The van der Waals surface area contributed by atoms with E-state index < -0.39 is 0 Å². The Labute approximate surface area is 107 Å². The van der Waals surface area contributed by atoms with Gasteiger partial charge in [0.1, 0.15) is 0 Å². The van der Waals surface area contributed by atoms with Crippen LogP contribution in [-0.4, -0.2) is 28.3 Å². The van der Waals surface area contributed by atoms with Crippen molar-refractivity contribution < 1.29 is 9.90 Å². The minimum atomic E-state index is -0.258. The zero-order valence-electron chi connectivity index (χ0n) is 8.48. The first-order chi connectivity index (χ1) is 7.65. The predicted octanol–water partition coefficient (Wildman–Crippen LogP) is 1.33. The van der Waals surface area contributed by atoms with E-state index in [2.05, 4.69) is 38.2 Å². The number of pyridine rings is 1. The van der Waals surface area contributed by atoms with Crippen molar-refractivity contribution in [2.24, 2.45) is 0 Å². The van der Waals surface area contributed by atoms with Crippen LogP contribution in [0.1, 0.15) is 12.8 Å². The van der Waals surface area contributed by atoms with Crippen molar-refractivity contribution in [3.8, 4) is 0 Å². The Morgan fingerprint density at radius 1 is 1.56 bits per heavy atom. The van der Waals surface area contributed by atoms with Crippen LogP contribution in [0.4, 0.5) is 10.5 Å². The van der Waals surface area contributed by atoms with E-state index in [1.165, 1.54) is 0 Å². The summed E-state index contributed by atoms with van der Waals surface area (Å²) in [6.45, 7) is 0. The van der Waals surface area contributed by atoms with E-state index in [1.54, 1.807) is 18.5 Å². The van der Waals surface area contributed by atoms with Gasteiger partial charge in [-0.05, 0) is 41.5 Å². The molecule has 0 radical (unpaired) electrons. The molecule has 1 heterocycles. The molecule has 0 atom stereocenters. The fraction of sp³-hybridized carbons (Fsp3) is 0.400. The Morgan fingerprint density at radius 3 is 2.94 bits per heavy atom. The third-order valence-corrected chi connectivity index (χ3v) is 3.33. The number of hydrogen-bond donors (Lipinski definition) is 3. The predicted molar refractivity (Wildman–Crippen MR) is 68.1 cm³/mol. The zero-order chi connectivity index (χ0) is 11.5. The molecule has 1 aromatic heterocycles. The summed E-state index contributed by atoms with van der Waals surface area (Å²) in [5, 5.41) is 14.6. The number of carbonyl (C=O) groups is 1. The van der Waals surface area contributed by atoms with Gasteiger partial charge in [-0.1, -0.05) is 0 Å². The third kappa shape index (κ3) is 2.82. The number of rotatable bonds is 2. The topological polar surface area (TPSA) is 74.2 Å². The summed E-state index contributed by atoms with van der Waals surface area (Å²) in [4.78, 5) is 15.5. The Morgan fingerprint density at radius 2 is 2.31 bits per heavy atom. The molecule has 5 nitrogen and oxygen atoms in total. The second-order valence-electron chi connectivity index (χ2n) is 3.78. The van der Waals surface area contributed by atoms with E-state index in [0.29, 0.717) is 12.8 Å². The van der Waals surface area contributed by atoms with Crippen molar-refractivity contribution in [3.63, 3.8) is 0 Å². The monoisotopic (exact) mass is 333 g/mol. The lowest BCUT2D eigenvalue weighted by Crippen LogP contribution is -2.48. The fourth-order valence-corrected chi connectivity index (χ4v) is 2.00. The van der Waals surface area contributed by atoms with Gasteiger partial charge in [-0.15, -0.1) is 0 Å². The molecule has 0 unspecified atom stereocenters. The molecule has 3 N–H and O–H groups in total. The van der Waals surface area contributed by atoms with Gasteiger partial charge in [-0.2, -0.15) is 0 Å².